The molecule has 1 atom stereocenters. The van der Waals surface area contributed by atoms with Crippen molar-refractivity contribution in [3.8, 4) is 11.8 Å². The molecule has 2 aromatic rings. The Labute approximate surface area is 165 Å². The molecule has 2 aromatic carbocycles. The minimum atomic E-state index is -0.238. The molecular weight excluding hydrogens is 360 g/mol. The monoisotopic (exact) mass is 382 g/mol. The Bertz CT molecular complexity index is 821. The first kappa shape index (κ1) is 19.3. The number of carbonyl (C=O) groups excluding carboxylic acids is 1. The van der Waals surface area contributed by atoms with Crippen molar-refractivity contribution in [2.24, 2.45) is 0 Å². The third-order valence-corrected chi connectivity index (χ3v) is 4.73. The van der Waals surface area contributed by atoms with Crippen molar-refractivity contribution < 1.29 is 9.53 Å². The molecule has 0 N–H and O–H groups in total. The van der Waals surface area contributed by atoms with Crippen molar-refractivity contribution in [3.63, 3.8) is 0 Å². The zero-order chi connectivity index (χ0) is 19.1. The van der Waals surface area contributed by atoms with E-state index in [0.29, 0.717) is 24.7 Å². The van der Waals surface area contributed by atoms with Crippen LogP contribution in [0.25, 0.3) is 0 Å². The molecule has 1 heterocycles. The molecule has 0 aromatic heterocycles. The van der Waals surface area contributed by atoms with Crippen molar-refractivity contribution in [3.05, 3.63) is 70.7 Å². The summed E-state index contributed by atoms with van der Waals surface area (Å²) in [4.78, 5) is 16.0. The summed E-state index contributed by atoms with van der Waals surface area (Å²) in [5.74, 6) is 6.66. The first-order chi connectivity index (χ1) is 13.2. The van der Waals surface area contributed by atoms with Crippen molar-refractivity contribution in [1.29, 1.82) is 0 Å². The fourth-order valence-corrected chi connectivity index (χ4v) is 3.31. The Morgan fingerprint density at radius 1 is 1.11 bits per heavy atom. The van der Waals surface area contributed by atoms with Crippen LogP contribution in [0.4, 0.5) is 4.79 Å². The summed E-state index contributed by atoms with van der Waals surface area (Å²) in [5, 5.41) is 0.682. The van der Waals surface area contributed by atoms with Crippen molar-refractivity contribution in [2.45, 2.75) is 13.0 Å². The van der Waals surface area contributed by atoms with Crippen LogP contribution in [0.2, 0.25) is 5.02 Å². The lowest BCUT2D eigenvalue weighted by molar-refractivity contribution is 0.0735. The van der Waals surface area contributed by atoms with Gasteiger partial charge in [0, 0.05) is 36.8 Å². The average molecular weight is 383 g/mol. The second kappa shape index (κ2) is 9.45. The number of benzene rings is 2. The number of hydrogen-bond donors (Lipinski definition) is 0. The van der Waals surface area contributed by atoms with E-state index < -0.39 is 0 Å². The lowest BCUT2D eigenvalue weighted by Gasteiger charge is -2.37. The number of hydrogen-bond acceptors (Lipinski definition) is 3. The van der Waals surface area contributed by atoms with Gasteiger partial charge >= 0.3 is 6.09 Å². The van der Waals surface area contributed by atoms with Gasteiger partial charge in [0.15, 0.2) is 0 Å². The van der Waals surface area contributed by atoms with E-state index >= 15 is 0 Å². The van der Waals surface area contributed by atoms with Crippen LogP contribution in [0, 0.1) is 11.8 Å². The molecule has 1 saturated heterocycles. The third-order valence-electron chi connectivity index (χ3n) is 4.50. The van der Waals surface area contributed by atoms with Crippen LogP contribution in [-0.2, 0) is 4.74 Å². The zero-order valence-electron chi connectivity index (χ0n) is 15.4. The Morgan fingerprint density at radius 2 is 1.85 bits per heavy atom. The molecule has 0 saturated carbocycles. The number of piperazine rings is 1. The minimum Gasteiger partial charge on any atom is -0.450 e. The van der Waals surface area contributed by atoms with Gasteiger partial charge in [-0.15, -0.1) is 0 Å². The molecule has 1 aliphatic heterocycles. The van der Waals surface area contributed by atoms with Crippen LogP contribution in [0.5, 0.6) is 0 Å². The van der Waals surface area contributed by atoms with Gasteiger partial charge in [0.25, 0.3) is 0 Å². The van der Waals surface area contributed by atoms with Crippen LogP contribution in [-0.4, -0.2) is 48.7 Å². The van der Waals surface area contributed by atoms with E-state index in [1.807, 2.05) is 49.4 Å². The SMILES string of the molecule is CCOC(=O)N1CCN(C(C#Cc2cccc(Cl)c2)c2ccccc2)CC1. The van der Waals surface area contributed by atoms with Gasteiger partial charge < -0.3 is 9.64 Å². The molecule has 0 radical (unpaired) electrons. The Hall–Kier alpha value is -2.48. The van der Waals surface area contributed by atoms with E-state index in [2.05, 4.69) is 28.9 Å². The van der Waals surface area contributed by atoms with Gasteiger partial charge in [-0.25, -0.2) is 4.79 Å². The molecule has 1 aliphatic rings. The maximum absolute atomic E-state index is 11.9. The highest BCUT2D eigenvalue weighted by atomic mass is 35.5. The largest absolute Gasteiger partial charge is 0.450 e. The average Bonchev–Trinajstić information content (AvgIpc) is 2.70. The molecule has 27 heavy (non-hydrogen) atoms. The van der Waals surface area contributed by atoms with Crippen LogP contribution in [0.1, 0.15) is 24.1 Å². The predicted octanol–water partition coefficient (Wildman–Crippen LogP) is 4.21. The highest BCUT2D eigenvalue weighted by Crippen LogP contribution is 2.22. The molecule has 1 amide bonds. The van der Waals surface area contributed by atoms with E-state index in [-0.39, 0.29) is 12.1 Å². The molecule has 4 nitrogen and oxygen atoms in total. The highest BCUT2D eigenvalue weighted by molar-refractivity contribution is 6.30. The number of rotatable bonds is 3. The molecular formula is C22H23ClN2O2. The van der Waals surface area contributed by atoms with E-state index in [4.69, 9.17) is 16.3 Å². The summed E-state index contributed by atoms with van der Waals surface area (Å²) in [6.07, 6.45) is -0.238. The van der Waals surface area contributed by atoms with Crippen molar-refractivity contribution >= 4 is 17.7 Å². The number of nitrogens with zero attached hydrogens (tertiary/aromatic N) is 2. The number of ether oxygens (including phenoxy) is 1. The van der Waals surface area contributed by atoms with E-state index in [1.165, 1.54) is 0 Å². The van der Waals surface area contributed by atoms with Crippen LogP contribution in [0.15, 0.2) is 54.6 Å². The standard InChI is InChI=1S/C22H23ClN2O2/c1-2-27-22(26)25-15-13-24(14-16-25)21(19-8-4-3-5-9-19)12-11-18-7-6-10-20(23)17-18/h3-10,17,21H,2,13-16H2,1H3. The smallest absolute Gasteiger partial charge is 0.409 e. The zero-order valence-corrected chi connectivity index (χ0v) is 16.2. The Morgan fingerprint density at radius 3 is 2.52 bits per heavy atom. The molecule has 0 aliphatic carbocycles. The number of halogens is 1. The van der Waals surface area contributed by atoms with Gasteiger partial charge in [0.1, 0.15) is 0 Å². The van der Waals surface area contributed by atoms with Crippen LogP contribution >= 0.6 is 11.6 Å². The fraction of sp³-hybridized carbons (Fsp3) is 0.318. The first-order valence-corrected chi connectivity index (χ1v) is 9.53. The molecule has 1 unspecified atom stereocenters. The van der Waals surface area contributed by atoms with Gasteiger partial charge in [0.05, 0.1) is 12.6 Å². The van der Waals surface area contributed by atoms with Gasteiger partial charge in [-0.05, 0) is 30.7 Å². The summed E-state index contributed by atoms with van der Waals surface area (Å²) >= 11 is 6.07. The molecule has 5 heteroatoms. The summed E-state index contributed by atoms with van der Waals surface area (Å²) in [6, 6.07) is 17.8. The normalized spacial score (nSPS) is 15.6. The molecule has 1 fully saturated rings. The summed E-state index contributed by atoms with van der Waals surface area (Å²) in [7, 11) is 0. The number of carbonyl (C=O) groups is 1. The quantitative estimate of drug-likeness (QED) is 0.745. The Kier molecular flexibility index (Phi) is 6.75. The molecule has 140 valence electrons. The molecule has 3 rings (SSSR count). The lowest BCUT2D eigenvalue weighted by atomic mass is 10.0. The van der Waals surface area contributed by atoms with Gasteiger partial charge in [-0.1, -0.05) is 59.8 Å². The highest BCUT2D eigenvalue weighted by Gasteiger charge is 2.26. The summed E-state index contributed by atoms with van der Waals surface area (Å²) in [6.45, 7) is 5.01. The van der Waals surface area contributed by atoms with Crippen molar-refractivity contribution in [1.82, 2.24) is 9.80 Å². The first-order valence-electron chi connectivity index (χ1n) is 9.15. The maximum Gasteiger partial charge on any atom is 0.409 e. The van der Waals surface area contributed by atoms with Crippen LogP contribution in [0.3, 0.4) is 0 Å². The second-order valence-corrected chi connectivity index (χ2v) is 6.75. The molecule has 0 spiro atoms. The number of amides is 1. The van der Waals surface area contributed by atoms with Crippen molar-refractivity contribution in [2.75, 3.05) is 32.8 Å². The fourth-order valence-electron chi connectivity index (χ4n) is 3.12. The second-order valence-electron chi connectivity index (χ2n) is 6.31. The van der Waals surface area contributed by atoms with E-state index in [1.54, 1.807) is 4.90 Å². The lowest BCUT2D eigenvalue weighted by Crippen LogP contribution is -2.49. The maximum atomic E-state index is 11.9. The van der Waals surface area contributed by atoms with E-state index in [0.717, 1.165) is 24.2 Å². The van der Waals surface area contributed by atoms with Gasteiger partial charge in [-0.2, -0.15) is 0 Å². The summed E-state index contributed by atoms with van der Waals surface area (Å²) in [5.41, 5.74) is 2.05. The summed E-state index contributed by atoms with van der Waals surface area (Å²) < 4.78 is 5.11. The van der Waals surface area contributed by atoms with Crippen LogP contribution < -0.4 is 0 Å². The Balaban J connectivity index is 1.77. The minimum absolute atomic E-state index is 0.0328. The topological polar surface area (TPSA) is 32.8 Å². The molecule has 0 bridgehead atoms. The van der Waals surface area contributed by atoms with Gasteiger partial charge in [0.2, 0.25) is 0 Å². The van der Waals surface area contributed by atoms with Gasteiger partial charge in [-0.3, -0.25) is 4.90 Å². The van der Waals surface area contributed by atoms with E-state index in [9.17, 15) is 4.79 Å². The predicted molar refractivity (Wildman–Crippen MR) is 108 cm³/mol. The third kappa shape index (κ3) is 5.26.